The summed E-state index contributed by atoms with van der Waals surface area (Å²) in [7, 11) is 0. The smallest absolute Gasteiger partial charge is 0.295 e. The Labute approximate surface area is 111 Å². The maximum Gasteiger partial charge on any atom is 0.295 e. The van der Waals surface area contributed by atoms with Gasteiger partial charge < -0.3 is 10.4 Å². The van der Waals surface area contributed by atoms with Gasteiger partial charge in [0.2, 0.25) is 0 Å². The lowest BCUT2D eigenvalue weighted by molar-refractivity contribution is -0.384. The zero-order valence-electron chi connectivity index (χ0n) is 9.45. The van der Waals surface area contributed by atoms with Gasteiger partial charge in [-0.2, -0.15) is 0 Å². The molecule has 0 radical (unpaired) electrons. The Hall–Kier alpha value is -1.21. The molecule has 0 bridgehead atoms. The lowest BCUT2D eigenvalue weighted by Crippen LogP contribution is -2.48. The van der Waals surface area contributed by atoms with Crippen molar-refractivity contribution >= 4 is 27.3 Å². The SMILES string of the molecule is O=[N+]([O-])c1cc(F)c(Br)cc1NC1(CO)CCC1. The van der Waals surface area contributed by atoms with Gasteiger partial charge in [0.15, 0.2) is 0 Å². The first-order chi connectivity index (χ1) is 8.47. The quantitative estimate of drug-likeness (QED) is 0.661. The standard InChI is InChI=1S/C11H12BrFN2O3/c12-7-4-9(10(15(17)18)5-8(7)13)14-11(6-16)2-1-3-11/h4-5,14,16H,1-3,6H2. The number of aliphatic hydroxyl groups excluding tert-OH is 1. The van der Waals surface area contributed by atoms with E-state index in [-0.39, 0.29) is 22.5 Å². The Bertz CT molecular complexity index is 486. The zero-order chi connectivity index (χ0) is 13.3. The number of anilines is 1. The van der Waals surface area contributed by atoms with E-state index in [0.29, 0.717) is 0 Å². The topological polar surface area (TPSA) is 75.4 Å². The molecule has 0 amide bonds. The van der Waals surface area contributed by atoms with E-state index in [9.17, 15) is 19.6 Å². The molecule has 0 unspecified atom stereocenters. The van der Waals surface area contributed by atoms with Gasteiger partial charge >= 0.3 is 0 Å². The Morgan fingerprint density at radius 1 is 1.56 bits per heavy atom. The van der Waals surface area contributed by atoms with Crippen LogP contribution in [0.1, 0.15) is 19.3 Å². The van der Waals surface area contributed by atoms with Crippen molar-refractivity contribution in [3.05, 3.63) is 32.5 Å². The van der Waals surface area contributed by atoms with Gasteiger partial charge in [-0.1, -0.05) is 0 Å². The molecule has 0 aromatic heterocycles. The van der Waals surface area contributed by atoms with E-state index >= 15 is 0 Å². The Morgan fingerprint density at radius 3 is 2.67 bits per heavy atom. The number of hydrogen-bond acceptors (Lipinski definition) is 4. The molecule has 98 valence electrons. The average molecular weight is 319 g/mol. The Kier molecular flexibility index (Phi) is 3.54. The summed E-state index contributed by atoms with van der Waals surface area (Å²) >= 11 is 3.00. The lowest BCUT2D eigenvalue weighted by atomic mass is 9.77. The van der Waals surface area contributed by atoms with Gasteiger partial charge in [0.25, 0.3) is 5.69 Å². The average Bonchev–Trinajstić information content (AvgIpc) is 2.27. The highest BCUT2D eigenvalue weighted by molar-refractivity contribution is 9.10. The summed E-state index contributed by atoms with van der Waals surface area (Å²) in [5, 5.41) is 23.2. The van der Waals surface area contributed by atoms with E-state index < -0.39 is 16.3 Å². The van der Waals surface area contributed by atoms with Gasteiger partial charge in [-0.15, -0.1) is 0 Å². The molecule has 0 spiro atoms. The Balaban J connectivity index is 2.36. The fourth-order valence-electron chi connectivity index (χ4n) is 2.00. The van der Waals surface area contributed by atoms with Gasteiger partial charge in [-0.25, -0.2) is 4.39 Å². The Morgan fingerprint density at radius 2 is 2.22 bits per heavy atom. The van der Waals surface area contributed by atoms with Crippen molar-refractivity contribution in [2.75, 3.05) is 11.9 Å². The van der Waals surface area contributed by atoms with Crippen LogP contribution in [-0.4, -0.2) is 22.2 Å². The van der Waals surface area contributed by atoms with Crippen LogP contribution in [0, 0.1) is 15.9 Å². The molecule has 1 aromatic rings. The predicted octanol–water partition coefficient (Wildman–Crippen LogP) is 2.82. The van der Waals surface area contributed by atoms with Crippen molar-refractivity contribution in [3.63, 3.8) is 0 Å². The van der Waals surface area contributed by atoms with Crippen LogP contribution in [0.5, 0.6) is 0 Å². The van der Waals surface area contributed by atoms with Crippen molar-refractivity contribution in [1.29, 1.82) is 0 Å². The minimum absolute atomic E-state index is 0.0981. The van der Waals surface area contributed by atoms with Crippen molar-refractivity contribution in [1.82, 2.24) is 0 Å². The van der Waals surface area contributed by atoms with Crippen LogP contribution in [0.2, 0.25) is 0 Å². The number of rotatable bonds is 4. The monoisotopic (exact) mass is 318 g/mol. The van der Waals surface area contributed by atoms with E-state index in [0.717, 1.165) is 25.3 Å². The van der Waals surface area contributed by atoms with E-state index in [1.165, 1.54) is 6.07 Å². The van der Waals surface area contributed by atoms with E-state index in [1.54, 1.807) is 0 Å². The fraction of sp³-hybridized carbons (Fsp3) is 0.455. The van der Waals surface area contributed by atoms with Crippen molar-refractivity contribution in [2.45, 2.75) is 24.8 Å². The summed E-state index contributed by atoms with van der Waals surface area (Å²) in [5.41, 5.74) is -0.611. The van der Waals surface area contributed by atoms with E-state index in [1.807, 2.05) is 0 Å². The van der Waals surface area contributed by atoms with Gasteiger partial charge in [0.05, 0.1) is 27.6 Å². The minimum Gasteiger partial charge on any atom is -0.394 e. The number of halogens is 2. The molecule has 1 saturated carbocycles. The molecule has 1 fully saturated rings. The molecule has 0 heterocycles. The van der Waals surface area contributed by atoms with Crippen molar-refractivity contribution in [3.8, 4) is 0 Å². The molecule has 0 atom stereocenters. The van der Waals surface area contributed by atoms with Crippen molar-refractivity contribution in [2.24, 2.45) is 0 Å². The summed E-state index contributed by atoms with van der Waals surface area (Å²) in [6.45, 7) is -0.0981. The maximum atomic E-state index is 13.3. The normalized spacial score (nSPS) is 17.1. The fourth-order valence-corrected chi connectivity index (χ4v) is 2.34. The highest BCUT2D eigenvalue weighted by Gasteiger charge is 2.37. The first kappa shape index (κ1) is 13.2. The molecule has 7 heteroatoms. The number of nitrogens with zero attached hydrogens (tertiary/aromatic N) is 1. The van der Waals surface area contributed by atoms with Crippen molar-refractivity contribution < 1.29 is 14.4 Å². The third-order valence-corrected chi connectivity index (χ3v) is 3.86. The molecule has 18 heavy (non-hydrogen) atoms. The molecule has 1 aromatic carbocycles. The first-order valence-corrected chi connectivity index (χ1v) is 6.29. The second kappa shape index (κ2) is 4.81. The molecule has 1 aliphatic carbocycles. The summed E-state index contributed by atoms with van der Waals surface area (Å²) in [6, 6.07) is 2.21. The van der Waals surface area contributed by atoms with E-state index in [2.05, 4.69) is 21.2 Å². The molecule has 1 aliphatic rings. The molecule has 2 rings (SSSR count). The number of nitrogens with one attached hydrogen (secondary N) is 1. The number of nitro benzene ring substituents is 1. The second-order valence-electron chi connectivity index (χ2n) is 4.46. The summed E-state index contributed by atoms with van der Waals surface area (Å²) in [6.07, 6.45) is 2.45. The van der Waals surface area contributed by atoms with E-state index in [4.69, 9.17) is 0 Å². The van der Waals surface area contributed by atoms with Crippen LogP contribution in [0.3, 0.4) is 0 Å². The highest BCUT2D eigenvalue weighted by Crippen LogP contribution is 2.39. The number of hydrogen-bond donors (Lipinski definition) is 2. The molecular formula is C11H12BrFN2O3. The molecule has 0 saturated heterocycles. The number of nitro groups is 1. The summed E-state index contributed by atoms with van der Waals surface area (Å²) < 4.78 is 13.5. The van der Waals surface area contributed by atoms with Gasteiger partial charge in [-0.3, -0.25) is 10.1 Å². The molecule has 2 N–H and O–H groups in total. The maximum absolute atomic E-state index is 13.3. The minimum atomic E-state index is -0.682. The number of aliphatic hydroxyl groups is 1. The largest absolute Gasteiger partial charge is 0.394 e. The van der Waals surface area contributed by atoms with Crippen LogP contribution in [0.4, 0.5) is 15.8 Å². The van der Waals surface area contributed by atoms with Gasteiger partial charge in [0, 0.05) is 0 Å². The lowest BCUT2D eigenvalue weighted by Gasteiger charge is -2.41. The summed E-state index contributed by atoms with van der Waals surface area (Å²) in [5.74, 6) is -0.682. The first-order valence-electron chi connectivity index (χ1n) is 5.50. The van der Waals surface area contributed by atoms with Crippen LogP contribution >= 0.6 is 15.9 Å². The second-order valence-corrected chi connectivity index (χ2v) is 5.31. The number of benzene rings is 1. The summed E-state index contributed by atoms with van der Waals surface area (Å²) in [4.78, 5) is 10.2. The van der Waals surface area contributed by atoms with Gasteiger partial charge in [-0.05, 0) is 41.3 Å². The third kappa shape index (κ3) is 2.32. The van der Waals surface area contributed by atoms with Crippen LogP contribution in [0.15, 0.2) is 16.6 Å². The third-order valence-electron chi connectivity index (χ3n) is 3.25. The van der Waals surface area contributed by atoms with Crippen LogP contribution < -0.4 is 5.32 Å². The molecule has 0 aliphatic heterocycles. The van der Waals surface area contributed by atoms with Crippen LogP contribution in [-0.2, 0) is 0 Å². The van der Waals surface area contributed by atoms with Gasteiger partial charge in [0.1, 0.15) is 11.5 Å². The zero-order valence-corrected chi connectivity index (χ0v) is 11.0. The molecular weight excluding hydrogens is 307 g/mol. The molecule has 5 nitrogen and oxygen atoms in total. The predicted molar refractivity (Wildman–Crippen MR) is 68.0 cm³/mol. The van der Waals surface area contributed by atoms with Crippen LogP contribution in [0.25, 0.3) is 0 Å². The highest BCUT2D eigenvalue weighted by atomic mass is 79.9.